The second kappa shape index (κ2) is 4.86. The molecule has 84 valence electrons. The maximum absolute atomic E-state index is 6.14. The van der Waals surface area contributed by atoms with Gasteiger partial charge in [0.2, 0.25) is 0 Å². The Bertz CT molecular complexity index is 497. The Morgan fingerprint density at radius 2 is 2.31 bits per heavy atom. The molecule has 2 aromatic rings. The van der Waals surface area contributed by atoms with Crippen LogP contribution in [0.1, 0.15) is 5.56 Å². The zero-order chi connectivity index (χ0) is 11.5. The van der Waals surface area contributed by atoms with Crippen LogP contribution < -0.4 is 5.73 Å². The largest absolute Gasteiger partial charge is 0.326 e. The highest BCUT2D eigenvalue weighted by Gasteiger charge is 2.10. The van der Waals surface area contributed by atoms with E-state index in [-0.39, 0.29) is 0 Å². The highest BCUT2D eigenvalue weighted by Crippen LogP contribution is 2.34. The van der Waals surface area contributed by atoms with E-state index in [2.05, 4.69) is 10.1 Å². The van der Waals surface area contributed by atoms with Gasteiger partial charge in [0.25, 0.3) is 0 Å². The molecule has 2 rings (SSSR count). The molecule has 1 aromatic carbocycles. The topological polar surface area (TPSA) is 56.7 Å². The lowest BCUT2D eigenvalue weighted by Gasteiger charge is -2.08. The lowest BCUT2D eigenvalue weighted by Crippen LogP contribution is -2.00. The molecule has 0 saturated heterocycles. The van der Waals surface area contributed by atoms with Crippen LogP contribution in [0.3, 0.4) is 0 Å². The van der Waals surface area contributed by atoms with Gasteiger partial charge in [-0.05, 0) is 23.4 Å². The number of aromatic nitrogens is 3. The molecule has 16 heavy (non-hydrogen) atoms. The van der Waals surface area contributed by atoms with E-state index < -0.39 is 0 Å². The Morgan fingerprint density at radius 3 is 2.94 bits per heavy atom. The van der Waals surface area contributed by atoms with Gasteiger partial charge in [-0.1, -0.05) is 23.7 Å². The van der Waals surface area contributed by atoms with Gasteiger partial charge in [-0.3, -0.25) is 0 Å². The molecule has 1 aromatic heterocycles. The Balaban J connectivity index is 2.37. The molecule has 0 atom stereocenters. The van der Waals surface area contributed by atoms with Crippen LogP contribution in [0.5, 0.6) is 0 Å². The summed E-state index contributed by atoms with van der Waals surface area (Å²) in [7, 11) is 1.84. The molecular formula is C10H11ClN4S. The average Bonchev–Trinajstić information content (AvgIpc) is 2.67. The fraction of sp³-hybridized carbons (Fsp3) is 0.200. The number of aryl methyl sites for hydroxylation is 1. The van der Waals surface area contributed by atoms with Gasteiger partial charge in [0.05, 0.1) is 5.02 Å². The SMILES string of the molecule is Cn1ncnc1Sc1c(Cl)cccc1CN. The van der Waals surface area contributed by atoms with E-state index in [1.54, 1.807) is 4.68 Å². The van der Waals surface area contributed by atoms with Gasteiger partial charge in [-0.2, -0.15) is 5.10 Å². The molecule has 0 bridgehead atoms. The maximum Gasteiger partial charge on any atom is 0.190 e. The lowest BCUT2D eigenvalue weighted by atomic mass is 10.2. The van der Waals surface area contributed by atoms with Crippen molar-refractivity contribution in [2.45, 2.75) is 16.6 Å². The number of benzene rings is 1. The van der Waals surface area contributed by atoms with E-state index in [0.717, 1.165) is 15.6 Å². The fourth-order valence-corrected chi connectivity index (χ4v) is 2.52. The van der Waals surface area contributed by atoms with Gasteiger partial charge in [-0.25, -0.2) is 9.67 Å². The van der Waals surface area contributed by atoms with Crippen molar-refractivity contribution in [3.63, 3.8) is 0 Å². The van der Waals surface area contributed by atoms with Gasteiger partial charge in [0, 0.05) is 18.5 Å². The number of hydrogen-bond acceptors (Lipinski definition) is 4. The third-order valence-corrected chi connectivity index (χ3v) is 3.80. The van der Waals surface area contributed by atoms with E-state index in [0.29, 0.717) is 11.6 Å². The zero-order valence-electron chi connectivity index (χ0n) is 8.72. The minimum Gasteiger partial charge on any atom is -0.326 e. The van der Waals surface area contributed by atoms with E-state index in [9.17, 15) is 0 Å². The van der Waals surface area contributed by atoms with Crippen molar-refractivity contribution < 1.29 is 0 Å². The summed E-state index contributed by atoms with van der Waals surface area (Å²) in [5.74, 6) is 0. The molecule has 0 aliphatic carbocycles. The predicted molar refractivity (Wildman–Crippen MR) is 64.5 cm³/mol. The summed E-state index contributed by atoms with van der Waals surface area (Å²) in [6.45, 7) is 0.459. The first-order valence-electron chi connectivity index (χ1n) is 4.71. The summed E-state index contributed by atoms with van der Waals surface area (Å²) < 4.78 is 1.70. The van der Waals surface area contributed by atoms with Crippen LogP contribution in [-0.4, -0.2) is 14.8 Å². The summed E-state index contributed by atoms with van der Waals surface area (Å²) in [5.41, 5.74) is 6.69. The van der Waals surface area contributed by atoms with Crippen molar-refractivity contribution in [2.75, 3.05) is 0 Å². The van der Waals surface area contributed by atoms with Crippen LogP contribution in [0.4, 0.5) is 0 Å². The summed E-state index contributed by atoms with van der Waals surface area (Å²) in [6.07, 6.45) is 1.52. The van der Waals surface area contributed by atoms with E-state index in [1.807, 2.05) is 25.2 Å². The third kappa shape index (κ3) is 2.21. The Labute approximate surface area is 103 Å². The smallest absolute Gasteiger partial charge is 0.190 e. The number of hydrogen-bond donors (Lipinski definition) is 1. The second-order valence-electron chi connectivity index (χ2n) is 3.20. The Kier molecular flexibility index (Phi) is 3.48. The Hall–Kier alpha value is -1.04. The van der Waals surface area contributed by atoms with Gasteiger partial charge < -0.3 is 5.73 Å². The van der Waals surface area contributed by atoms with E-state index in [4.69, 9.17) is 17.3 Å². The van der Waals surface area contributed by atoms with Crippen LogP contribution in [0, 0.1) is 0 Å². The quantitative estimate of drug-likeness (QED) is 0.911. The standard InChI is InChI=1S/C10H11ClN4S/c1-15-10(13-6-14-15)16-9-7(5-12)3-2-4-8(9)11/h2-4,6H,5,12H2,1H3. The molecule has 0 saturated carbocycles. The molecule has 0 amide bonds. The normalized spacial score (nSPS) is 10.7. The van der Waals surface area contributed by atoms with Crippen LogP contribution in [0.25, 0.3) is 0 Å². The van der Waals surface area contributed by atoms with E-state index in [1.165, 1.54) is 18.1 Å². The maximum atomic E-state index is 6.14. The number of rotatable bonds is 3. The molecule has 0 radical (unpaired) electrons. The highest BCUT2D eigenvalue weighted by molar-refractivity contribution is 7.99. The summed E-state index contributed by atoms with van der Waals surface area (Å²) in [6, 6.07) is 5.70. The molecule has 0 fully saturated rings. The first-order chi connectivity index (χ1) is 7.72. The van der Waals surface area contributed by atoms with Crippen molar-refractivity contribution in [1.82, 2.24) is 14.8 Å². The van der Waals surface area contributed by atoms with Gasteiger partial charge in [0.15, 0.2) is 5.16 Å². The minimum atomic E-state index is 0.459. The highest BCUT2D eigenvalue weighted by atomic mass is 35.5. The molecule has 0 aliphatic heterocycles. The molecule has 0 spiro atoms. The lowest BCUT2D eigenvalue weighted by molar-refractivity contribution is 0.685. The molecule has 1 heterocycles. The summed E-state index contributed by atoms with van der Waals surface area (Å²) >= 11 is 7.62. The van der Waals surface area contributed by atoms with Crippen molar-refractivity contribution in [3.8, 4) is 0 Å². The van der Waals surface area contributed by atoms with Crippen LogP contribution in [0.15, 0.2) is 34.6 Å². The van der Waals surface area contributed by atoms with Crippen molar-refractivity contribution in [1.29, 1.82) is 0 Å². The van der Waals surface area contributed by atoms with Crippen LogP contribution in [0.2, 0.25) is 5.02 Å². The minimum absolute atomic E-state index is 0.459. The summed E-state index contributed by atoms with van der Waals surface area (Å²) in [5, 5.41) is 5.49. The second-order valence-corrected chi connectivity index (χ2v) is 4.59. The predicted octanol–water partition coefficient (Wildman–Crippen LogP) is 2.08. The van der Waals surface area contributed by atoms with E-state index >= 15 is 0 Å². The van der Waals surface area contributed by atoms with Crippen LogP contribution in [-0.2, 0) is 13.6 Å². The number of nitrogens with zero attached hydrogens (tertiary/aromatic N) is 3. The summed E-state index contributed by atoms with van der Waals surface area (Å²) in [4.78, 5) is 5.09. The van der Waals surface area contributed by atoms with Crippen molar-refractivity contribution >= 4 is 23.4 Å². The molecule has 6 heteroatoms. The van der Waals surface area contributed by atoms with Gasteiger partial charge in [-0.15, -0.1) is 0 Å². The Morgan fingerprint density at radius 1 is 1.50 bits per heavy atom. The number of nitrogens with two attached hydrogens (primary N) is 1. The van der Waals surface area contributed by atoms with Crippen molar-refractivity contribution in [2.24, 2.45) is 12.8 Å². The van der Waals surface area contributed by atoms with Gasteiger partial charge >= 0.3 is 0 Å². The first kappa shape index (κ1) is 11.4. The molecule has 0 aliphatic rings. The van der Waals surface area contributed by atoms with Crippen molar-refractivity contribution in [3.05, 3.63) is 35.1 Å². The zero-order valence-corrected chi connectivity index (χ0v) is 10.3. The van der Waals surface area contributed by atoms with Crippen LogP contribution >= 0.6 is 23.4 Å². The average molecular weight is 255 g/mol. The third-order valence-electron chi connectivity index (χ3n) is 2.13. The fourth-order valence-electron chi connectivity index (χ4n) is 1.30. The van der Waals surface area contributed by atoms with Gasteiger partial charge in [0.1, 0.15) is 6.33 Å². The number of halogens is 1. The first-order valence-corrected chi connectivity index (χ1v) is 5.91. The molecule has 2 N–H and O–H groups in total. The molecule has 4 nitrogen and oxygen atoms in total. The molecule has 0 unspecified atom stereocenters. The molecular weight excluding hydrogens is 244 g/mol. The monoisotopic (exact) mass is 254 g/mol.